The maximum Gasteiger partial charge on any atom is 0.319 e. The van der Waals surface area contributed by atoms with Crippen LogP contribution in [0.4, 0.5) is 5.69 Å². The van der Waals surface area contributed by atoms with Crippen LogP contribution >= 0.6 is 0 Å². The van der Waals surface area contributed by atoms with Gasteiger partial charge in [0.2, 0.25) is 5.91 Å². The number of methoxy groups -OCH3 is 3. The highest BCUT2D eigenvalue weighted by molar-refractivity contribution is 5.79. The third-order valence-electron chi connectivity index (χ3n) is 7.50. The molecular weight excluding hydrogens is 552 g/mol. The van der Waals surface area contributed by atoms with Crippen molar-refractivity contribution in [2.75, 3.05) is 99.9 Å². The van der Waals surface area contributed by atoms with Gasteiger partial charge in [-0.1, -0.05) is 12.1 Å². The lowest BCUT2D eigenvalue weighted by molar-refractivity contribution is -0.384. The first kappa shape index (κ1) is 32.8. The molecule has 1 aromatic carbocycles. The highest BCUT2D eigenvalue weighted by Gasteiger charge is 2.34. The van der Waals surface area contributed by atoms with Crippen molar-refractivity contribution in [1.82, 2.24) is 24.5 Å². The minimum Gasteiger partial charge on any atom is -0.468 e. The number of hydrogen-bond acceptors (Lipinski definition) is 13. The SMILES string of the molecule is COC(=O)CN1CCN(CC(=O)OC)CCN2CC(=O)N(Cc3ccc([N+](=O)[O-])cc3)C(CN(CC(=O)OC)CC1)C2. The first-order valence-electron chi connectivity index (χ1n) is 13.7. The van der Waals surface area contributed by atoms with E-state index in [1.165, 1.54) is 33.5 Å². The van der Waals surface area contributed by atoms with Gasteiger partial charge in [0.15, 0.2) is 0 Å². The van der Waals surface area contributed by atoms with Crippen molar-refractivity contribution in [3.63, 3.8) is 0 Å². The molecule has 15 heteroatoms. The number of carbonyl (C=O) groups is 4. The van der Waals surface area contributed by atoms with Gasteiger partial charge in [0.1, 0.15) is 0 Å². The third kappa shape index (κ3) is 10.0. The van der Waals surface area contributed by atoms with Crippen LogP contribution in [0.2, 0.25) is 0 Å². The summed E-state index contributed by atoms with van der Waals surface area (Å²) in [5.41, 5.74) is 0.715. The van der Waals surface area contributed by atoms with Crippen LogP contribution in [0.5, 0.6) is 0 Å². The van der Waals surface area contributed by atoms with E-state index in [-0.39, 0.29) is 56.3 Å². The Morgan fingerprint density at radius 2 is 1.26 bits per heavy atom. The van der Waals surface area contributed by atoms with Gasteiger partial charge in [-0.25, -0.2) is 0 Å². The summed E-state index contributed by atoms with van der Waals surface area (Å²) in [6.45, 7) is 4.17. The fourth-order valence-electron chi connectivity index (χ4n) is 5.07. The standard InChI is InChI=1S/C27H40N6O9/c1-40-25(35)18-28-8-9-29(19-26(36)41-2)11-13-31(20-27(37)42-3)16-23-15-30(12-10-28)17-24(34)32(23)14-21-4-6-22(7-5-21)33(38)39/h4-7,23H,8-20H2,1-3H3. The Morgan fingerprint density at radius 3 is 1.76 bits per heavy atom. The quantitative estimate of drug-likeness (QED) is 0.150. The average Bonchev–Trinajstić information content (AvgIpc) is 2.98. The molecule has 3 rings (SSSR count). The molecule has 42 heavy (non-hydrogen) atoms. The number of esters is 3. The average molecular weight is 593 g/mol. The fraction of sp³-hybridized carbons (Fsp3) is 0.630. The number of non-ortho nitro benzene ring substituents is 1. The van der Waals surface area contributed by atoms with Crippen LogP contribution in [0.25, 0.3) is 0 Å². The topological polar surface area (TPSA) is 155 Å². The number of nitrogens with zero attached hydrogens (tertiary/aromatic N) is 6. The molecule has 2 bridgehead atoms. The molecule has 2 saturated heterocycles. The third-order valence-corrected chi connectivity index (χ3v) is 7.50. The summed E-state index contributed by atoms with van der Waals surface area (Å²) in [7, 11) is 3.96. The Labute approximate surface area is 245 Å². The number of nitro benzene ring substituents is 1. The molecule has 2 aliphatic rings. The minimum absolute atomic E-state index is 0.00685. The Morgan fingerprint density at radius 1 is 0.786 bits per heavy atom. The first-order chi connectivity index (χ1) is 20.1. The zero-order valence-electron chi connectivity index (χ0n) is 24.4. The van der Waals surface area contributed by atoms with E-state index in [0.29, 0.717) is 52.4 Å². The predicted octanol–water partition coefficient (Wildman–Crippen LogP) is -0.954. The van der Waals surface area contributed by atoms with E-state index in [4.69, 9.17) is 14.2 Å². The molecular formula is C27H40N6O9. The van der Waals surface area contributed by atoms with Crippen LogP contribution in [-0.2, 0) is 39.9 Å². The number of nitro groups is 1. The number of amides is 1. The number of carbonyl (C=O) groups excluding carboxylic acids is 4. The molecule has 2 atom stereocenters. The summed E-state index contributed by atoms with van der Waals surface area (Å²) in [6, 6.07) is 5.79. The molecule has 0 aromatic heterocycles. The molecule has 0 N–H and O–H groups in total. The number of rotatable bonds is 9. The van der Waals surface area contributed by atoms with Gasteiger partial charge < -0.3 is 19.1 Å². The van der Waals surface area contributed by atoms with E-state index >= 15 is 0 Å². The molecule has 1 aromatic rings. The molecule has 2 heterocycles. The molecule has 232 valence electrons. The van der Waals surface area contributed by atoms with Crippen LogP contribution in [0, 0.1) is 10.1 Å². The van der Waals surface area contributed by atoms with Gasteiger partial charge in [-0.3, -0.25) is 48.9 Å². The summed E-state index contributed by atoms with van der Waals surface area (Å²) in [6.07, 6.45) is 0. The lowest BCUT2D eigenvalue weighted by atomic mass is 10.1. The van der Waals surface area contributed by atoms with Gasteiger partial charge >= 0.3 is 17.9 Å². The Kier molecular flexibility index (Phi) is 12.6. The number of hydrogen-bond donors (Lipinski definition) is 0. The zero-order chi connectivity index (χ0) is 30.6. The molecule has 0 saturated carbocycles. The number of ether oxygens (including phenoxy) is 3. The van der Waals surface area contributed by atoms with Crippen LogP contribution < -0.4 is 0 Å². The van der Waals surface area contributed by atoms with Gasteiger partial charge in [-0.05, 0) is 5.56 Å². The summed E-state index contributed by atoms with van der Waals surface area (Å²) in [5.74, 6) is -1.32. The molecule has 2 fully saturated rings. The zero-order valence-corrected chi connectivity index (χ0v) is 24.4. The van der Waals surface area contributed by atoms with E-state index < -0.39 is 16.9 Å². The Balaban J connectivity index is 1.88. The lowest BCUT2D eigenvalue weighted by Gasteiger charge is -2.43. The van der Waals surface area contributed by atoms with E-state index in [1.807, 2.05) is 19.6 Å². The normalized spacial score (nSPS) is 21.4. The van der Waals surface area contributed by atoms with Crippen molar-refractivity contribution in [3.05, 3.63) is 39.9 Å². The lowest BCUT2D eigenvalue weighted by Crippen LogP contribution is -2.60. The van der Waals surface area contributed by atoms with Gasteiger partial charge in [0.05, 0.1) is 58.5 Å². The second kappa shape index (κ2) is 16.1. The molecule has 0 spiro atoms. The smallest absolute Gasteiger partial charge is 0.319 e. The van der Waals surface area contributed by atoms with Crippen molar-refractivity contribution in [2.24, 2.45) is 0 Å². The van der Waals surface area contributed by atoms with Crippen molar-refractivity contribution in [2.45, 2.75) is 12.6 Å². The van der Waals surface area contributed by atoms with Crippen LogP contribution in [-0.4, -0.2) is 159 Å². The molecule has 2 aliphatic heterocycles. The predicted molar refractivity (Wildman–Crippen MR) is 149 cm³/mol. The highest BCUT2D eigenvalue weighted by Crippen LogP contribution is 2.19. The summed E-state index contributed by atoms with van der Waals surface area (Å²) < 4.78 is 14.7. The highest BCUT2D eigenvalue weighted by atomic mass is 16.6. The Hall–Kier alpha value is -3.66. The Bertz CT molecular complexity index is 1100. The first-order valence-corrected chi connectivity index (χ1v) is 13.7. The van der Waals surface area contributed by atoms with E-state index in [1.54, 1.807) is 17.0 Å². The number of fused-ring (bicyclic) bond motifs is 2. The molecule has 15 nitrogen and oxygen atoms in total. The van der Waals surface area contributed by atoms with Crippen molar-refractivity contribution in [1.29, 1.82) is 0 Å². The molecule has 0 radical (unpaired) electrons. The van der Waals surface area contributed by atoms with E-state index in [9.17, 15) is 29.3 Å². The van der Waals surface area contributed by atoms with E-state index in [2.05, 4.69) is 0 Å². The second-order valence-electron chi connectivity index (χ2n) is 10.3. The van der Waals surface area contributed by atoms with Gasteiger partial charge in [-0.2, -0.15) is 0 Å². The minimum atomic E-state index is -0.471. The second-order valence-corrected chi connectivity index (χ2v) is 10.3. The van der Waals surface area contributed by atoms with Crippen LogP contribution in [0.1, 0.15) is 5.56 Å². The van der Waals surface area contributed by atoms with Gasteiger partial charge in [0.25, 0.3) is 5.69 Å². The number of piperazine rings is 1. The summed E-state index contributed by atoms with van der Waals surface area (Å²) >= 11 is 0. The van der Waals surface area contributed by atoms with Crippen molar-refractivity contribution >= 4 is 29.5 Å². The molecule has 1 amide bonds. The van der Waals surface area contributed by atoms with Crippen LogP contribution in [0.3, 0.4) is 0 Å². The fourth-order valence-corrected chi connectivity index (χ4v) is 5.07. The molecule has 2 unspecified atom stereocenters. The summed E-state index contributed by atoms with van der Waals surface area (Å²) in [4.78, 5) is 70.2. The van der Waals surface area contributed by atoms with Gasteiger partial charge in [-0.15, -0.1) is 0 Å². The van der Waals surface area contributed by atoms with Crippen LogP contribution in [0.15, 0.2) is 24.3 Å². The maximum atomic E-state index is 13.5. The van der Waals surface area contributed by atoms with Crippen molar-refractivity contribution < 1.29 is 38.3 Å². The number of benzene rings is 1. The van der Waals surface area contributed by atoms with Crippen molar-refractivity contribution in [3.8, 4) is 0 Å². The monoisotopic (exact) mass is 592 g/mol. The molecule has 0 aliphatic carbocycles. The van der Waals surface area contributed by atoms with Gasteiger partial charge in [0, 0.05) is 71.0 Å². The largest absolute Gasteiger partial charge is 0.468 e. The summed E-state index contributed by atoms with van der Waals surface area (Å²) in [5, 5.41) is 11.1. The maximum absolute atomic E-state index is 13.5. The van der Waals surface area contributed by atoms with E-state index in [0.717, 1.165) is 5.56 Å².